The zero-order chi connectivity index (χ0) is 8.89. The minimum atomic E-state index is 0.622. The monoisotopic (exact) mass is 236 g/mol. The Labute approximate surface area is 87.5 Å². The van der Waals surface area contributed by atoms with Gasteiger partial charge in [0.15, 0.2) is 0 Å². The van der Waals surface area contributed by atoms with E-state index in [-0.39, 0.29) is 0 Å². The van der Waals surface area contributed by atoms with Crippen molar-refractivity contribution in [1.29, 1.82) is 0 Å². The molecule has 1 heteroatoms. The van der Waals surface area contributed by atoms with Gasteiger partial charge >= 0.3 is 0 Å². The summed E-state index contributed by atoms with van der Waals surface area (Å²) in [6.45, 7) is 0. The van der Waals surface area contributed by atoms with Crippen LogP contribution in [0.4, 0.5) is 0 Å². The van der Waals surface area contributed by atoms with Gasteiger partial charge in [-0.2, -0.15) is 0 Å². The number of halogens is 1. The van der Waals surface area contributed by atoms with E-state index in [9.17, 15) is 0 Å². The van der Waals surface area contributed by atoms with Crippen molar-refractivity contribution in [2.75, 3.05) is 0 Å². The average molecular weight is 237 g/mol. The first-order valence-electron chi connectivity index (χ1n) is 5.09. The Kier molecular flexibility index (Phi) is 1.61. The molecule has 68 valence electrons. The number of hydrogen-bond donors (Lipinski definition) is 0. The molecule has 3 rings (SSSR count). The Balaban J connectivity index is 2.16. The summed E-state index contributed by atoms with van der Waals surface area (Å²) in [5.74, 6) is 0. The van der Waals surface area contributed by atoms with Crippen LogP contribution in [0, 0.1) is 0 Å². The van der Waals surface area contributed by atoms with Crippen LogP contribution in [0.15, 0.2) is 22.7 Å². The third-order valence-electron chi connectivity index (χ3n) is 3.60. The van der Waals surface area contributed by atoms with Gasteiger partial charge in [0.1, 0.15) is 0 Å². The second kappa shape index (κ2) is 2.60. The van der Waals surface area contributed by atoms with Gasteiger partial charge in [-0.3, -0.25) is 0 Å². The first-order chi connectivity index (χ1) is 6.30. The van der Waals surface area contributed by atoms with Crippen LogP contribution in [-0.2, 0) is 11.8 Å². The largest absolute Gasteiger partial charge is 0.0576 e. The van der Waals surface area contributed by atoms with Gasteiger partial charge in [-0.15, -0.1) is 0 Å². The van der Waals surface area contributed by atoms with Gasteiger partial charge in [-0.05, 0) is 60.8 Å². The van der Waals surface area contributed by atoms with E-state index in [4.69, 9.17) is 0 Å². The highest BCUT2D eigenvalue weighted by Crippen LogP contribution is 2.55. The van der Waals surface area contributed by atoms with E-state index in [1.54, 1.807) is 11.1 Å². The molecule has 2 aliphatic carbocycles. The maximum absolute atomic E-state index is 3.57. The van der Waals surface area contributed by atoms with Crippen molar-refractivity contribution >= 4 is 15.9 Å². The Bertz CT molecular complexity index is 350. The first-order valence-corrected chi connectivity index (χ1v) is 5.88. The van der Waals surface area contributed by atoms with E-state index in [1.807, 2.05) is 0 Å². The topological polar surface area (TPSA) is 0 Å². The van der Waals surface area contributed by atoms with Crippen molar-refractivity contribution in [1.82, 2.24) is 0 Å². The molecule has 0 heterocycles. The predicted molar refractivity (Wildman–Crippen MR) is 58.0 cm³/mol. The SMILES string of the molecule is Brc1ccc2c(c1)C1(CCC2)CC1. The fourth-order valence-corrected chi connectivity index (χ4v) is 3.04. The van der Waals surface area contributed by atoms with E-state index in [2.05, 4.69) is 34.1 Å². The molecule has 0 nitrogen and oxygen atoms in total. The molecule has 2 aliphatic rings. The molecule has 0 saturated heterocycles. The van der Waals surface area contributed by atoms with Crippen LogP contribution in [0.1, 0.15) is 36.8 Å². The lowest BCUT2D eigenvalue weighted by atomic mass is 9.80. The predicted octanol–water partition coefficient (Wildman–Crippen LogP) is 3.82. The van der Waals surface area contributed by atoms with Crippen LogP contribution in [0.25, 0.3) is 0 Å². The van der Waals surface area contributed by atoms with E-state index >= 15 is 0 Å². The van der Waals surface area contributed by atoms with Gasteiger partial charge < -0.3 is 0 Å². The molecule has 0 aliphatic heterocycles. The number of rotatable bonds is 0. The molecule has 1 aromatic carbocycles. The highest BCUT2D eigenvalue weighted by molar-refractivity contribution is 9.10. The summed E-state index contributed by atoms with van der Waals surface area (Å²) in [6, 6.07) is 6.83. The molecule has 0 unspecified atom stereocenters. The zero-order valence-corrected chi connectivity index (χ0v) is 9.23. The molecule has 1 fully saturated rings. The summed E-state index contributed by atoms with van der Waals surface area (Å²) in [6.07, 6.45) is 6.97. The minimum absolute atomic E-state index is 0.622. The molecule has 0 bridgehead atoms. The summed E-state index contributed by atoms with van der Waals surface area (Å²) >= 11 is 3.57. The molecule has 1 aromatic rings. The quantitative estimate of drug-likeness (QED) is 0.643. The molecule has 0 amide bonds. The van der Waals surface area contributed by atoms with Crippen molar-refractivity contribution in [3.05, 3.63) is 33.8 Å². The Morgan fingerprint density at radius 3 is 2.77 bits per heavy atom. The van der Waals surface area contributed by atoms with Crippen LogP contribution in [0.3, 0.4) is 0 Å². The molecule has 13 heavy (non-hydrogen) atoms. The maximum atomic E-state index is 3.57. The summed E-state index contributed by atoms with van der Waals surface area (Å²) in [7, 11) is 0. The van der Waals surface area contributed by atoms with Crippen molar-refractivity contribution < 1.29 is 0 Å². The lowest BCUT2D eigenvalue weighted by Gasteiger charge is -2.25. The third kappa shape index (κ3) is 1.17. The Morgan fingerprint density at radius 2 is 2.00 bits per heavy atom. The normalized spacial score (nSPS) is 22.8. The van der Waals surface area contributed by atoms with E-state index in [0.717, 1.165) is 0 Å². The van der Waals surface area contributed by atoms with Crippen LogP contribution >= 0.6 is 15.9 Å². The number of benzene rings is 1. The number of fused-ring (bicyclic) bond motifs is 2. The molecular formula is C12H13Br. The lowest BCUT2D eigenvalue weighted by Crippen LogP contribution is -2.15. The van der Waals surface area contributed by atoms with Gasteiger partial charge in [0.05, 0.1) is 0 Å². The standard InChI is InChI=1S/C12H13Br/c13-10-4-3-9-2-1-5-12(6-7-12)11(9)8-10/h3-4,8H,1-2,5-7H2. The Hall–Kier alpha value is -0.300. The van der Waals surface area contributed by atoms with Gasteiger partial charge in [-0.1, -0.05) is 22.0 Å². The van der Waals surface area contributed by atoms with Crippen molar-refractivity contribution in [3.63, 3.8) is 0 Å². The summed E-state index contributed by atoms with van der Waals surface area (Å²) in [5.41, 5.74) is 3.87. The summed E-state index contributed by atoms with van der Waals surface area (Å²) in [5, 5.41) is 0. The minimum Gasteiger partial charge on any atom is -0.0576 e. The van der Waals surface area contributed by atoms with Crippen molar-refractivity contribution in [3.8, 4) is 0 Å². The Morgan fingerprint density at radius 1 is 1.15 bits per heavy atom. The van der Waals surface area contributed by atoms with Crippen LogP contribution in [0.5, 0.6) is 0 Å². The first kappa shape index (κ1) is 8.05. The average Bonchev–Trinajstić information content (AvgIpc) is 2.88. The second-order valence-corrected chi connectivity index (χ2v) is 5.35. The van der Waals surface area contributed by atoms with Gasteiger partial charge in [0.2, 0.25) is 0 Å². The number of hydrogen-bond acceptors (Lipinski definition) is 0. The van der Waals surface area contributed by atoms with E-state index in [1.165, 1.54) is 36.6 Å². The summed E-state index contributed by atoms with van der Waals surface area (Å²) in [4.78, 5) is 0. The molecule has 0 aromatic heterocycles. The van der Waals surface area contributed by atoms with Crippen molar-refractivity contribution in [2.45, 2.75) is 37.5 Å². The van der Waals surface area contributed by atoms with E-state index < -0.39 is 0 Å². The molecule has 0 radical (unpaired) electrons. The lowest BCUT2D eigenvalue weighted by molar-refractivity contribution is 0.541. The highest BCUT2D eigenvalue weighted by atomic mass is 79.9. The van der Waals surface area contributed by atoms with Crippen molar-refractivity contribution in [2.24, 2.45) is 0 Å². The summed E-state index contributed by atoms with van der Waals surface area (Å²) < 4.78 is 1.25. The van der Waals surface area contributed by atoms with Crippen LogP contribution < -0.4 is 0 Å². The maximum Gasteiger partial charge on any atom is 0.0178 e. The zero-order valence-electron chi connectivity index (χ0n) is 7.65. The van der Waals surface area contributed by atoms with Gasteiger partial charge in [0.25, 0.3) is 0 Å². The number of aryl methyl sites for hydroxylation is 1. The third-order valence-corrected chi connectivity index (χ3v) is 4.09. The van der Waals surface area contributed by atoms with Crippen LogP contribution in [0.2, 0.25) is 0 Å². The smallest absolute Gasteiger partial charge is 0.0178 e. The molecular weight excluding hydrogens is 224 g/mol. The molecule has 0 atom stereocenters. The molecule has 0 N–H and O–H groups in total. The second-order valence-electron chi connectivity index (χ2n) is 4.44. The molecule has 1 saturated carbocycles. The highest BCUT2D eigenvalue weighted by Gasteiger charge is 2.46. The van der Waals surface area contributed by atoms with Gasteiger partial charge in [-0.25, -0.2) is 0 Å². The fourth-order valence-electron chi connectivity index (χ4n) is 2.68. The van der Waals surface area contributed by atoms with Gasteiger partial charge in [0, 0.05) is 4.47 Å². The van der Waals surface area contributed by atoms with E-state index in [0.29, 0.717) is 5.41 Å². The molecule has 1 spiro atoms. The fraction of sp³-hybridized carbons (Fsp3) is 0.500. The van der Waals surface area contributed by atoms with Crippen LogP contribution in [-0.4, -0.2) is 0 Å².